The molecule has 2 aromatic carbocycles. The summed E-state index contributed by atoms with van der Waals surface area (Å²) in [6, 6.07) is 15.6. The first-order valence-corrected chi connectivity index (χ1v) is 15.2. The minimum Gasteiger partial charge on any atom is -0.381 e. The lowest BCUT2D eigenvalue weighted by Crippen LogP contribution is -2.33. The van der Waals surface area contributed by atoms with Crippen molar-refractivity contribution >= 4 is 28.3 Å². The largest absolute Gasteiger partial charge is 0.381 e. The quantitative estimate of drug-likeness (QED) is 0.236. The molecule has 0 saturated heterocycles. The van der Waals surface area contributed by atoms with E-state index in [1.807, 2.05) is 53.3 Å². The van der Waals surface area contributed by atoms with Gasteiger partial charge in [0, 0.05) is 30.7 Å². The Balaban J connectivity index is 1.37. The minimum atomic E-state index is -0.695. The van der Waals surface area contributed by atoms with E-state index in [9.17, 15) is 9.59 Å². The molecule has 0 radical (unpaired) electrons. The van der Waals surface area contributed by atoms with E-state index < -0.39 is 11.9 Å². The molecule has 0 bridgehead atoms. The first kappa shape index (κ1) is 30.2. The van der Waals surface area contributed by atoms with Crippen LogP contribution in [-0.2, 0) is 6.54 Å². The molecule has 0 saturated carbocycles. The average Bonchev–Trinajstić information content (AvgIpc) is 3.67. The molecule has 3 N–H and O–H groups in total. The Morgan fingerprint density at radius 3 is 2.65 bits per heavy atom. The van der Waals surface area contributed by atoms with Gasteiger partial charge in [0.25, 0.3) is 11.5 Å². The summed E-state index contributed by atoms with van der Waals surface area (Å²) in [5.74, 6) is 6.26. The molecule has 4 heterocycles. The number of aromatic nitrogens is 7. The number of likely N-dealkylation sites (N-methyl/N-ethyl adjacent to an activating group) is 1. The zero-order valence-electron chi connectivity index (χ0n) is 25.9. The van der Waals surface area contributed by atoms with Crippen LogP contribution >= 0.6 is 0 Å². The van der Waals surface area contributed by atoms with Crippen LogP contribution in [0.15, 0.2) is 84.2 Å². The molecule has 6 rings (SSSR count). The van der Waals surface area contributed by atoms with E-state index in [0.29, 0.717) is 33.6 Å². The highest BCUT2D eigenvalue weighted by atomic mass is 16.2. The summed E-state index contributed by atoms with van der Waals surface area (Å²) in [5.41, 5.74) is 8.63. The molecule has 1 atom stereocenters. The van der Waals surface area contributed by atoms with Crippen molar-refractivity contribution < 1.29 is 4.79 Å². The van der Waals surface area contributed by atoms with Crippen molar-refractivity contribution in [2.75, 3.05) is 25.4 Å². The number of nitrogens with zero attached hydrogens (tertiary/aromatic N) is 8. The SMILES string of the molecule is CCN(CC)CCn1cc(C#Cc2cccc3nc([C@@H](C)NC(=O)c4c(N)nn5cccnc45)n(-c4ccccc4)c(=O)c23)cn1. The molecule has 46 heavy (non-hydrogen) atoms. The third-order valence-corrected chi connectivity index (χ3v) is 7.84. The van der Waals surface area contributed by atoms with Crippen LogP contribution in [0.4, 0.5) is 5.82 Å². The normalized spacial score (nSPS) is 11.9. The van der Waals surface area contributed by atoms with E-state index in [-0.39, 0.29) is 16.9 Å². The predicted molar refractivity (Wildman–Crippen MR) is 177 cm³/mol. The molecule has 0 fully saturated rings. The Morgan fingerprint density at radius 1 is 1.07 bits per heavy atom. The third kappa shape index (κ3) is 5.96. The molecule has 0 spiro atoms. The van der Waals surface area contributed by atoms with Gasteiger partial charge in [-0.1, -0.05) is 50.0 Å². The van der Waals surface area contributed by atoms with Gasteiger partial charge in [0.2, 0.25) is 0 Å². The Hall–Kier alpha value is -5.80. The van der Waals surface area contributed by atoms with Gasteiger partial charge in [0.1, 0.15) is 11.4 Å². The summed E-state index contributed by atoms with van der Waals surface area (Å²) in [6.45, 7) is 9.70. The van der Waals surface area contributed by atoms with Crippen LogP contribution in [0.3, 0.4) is 0 Å². The molecule has 12 heteroatoms. The second kappa shape index (κ2) is 13.1. The lowest BCUT2D eigenvalue weighted by atomic mass is 10.1. The predicted octanol–water partition coefficient (Wildman–Crippen LogP) is 3.44. The number of amides is 1. The van der Waals surface area contributed by atoms with Crippen LogP contribution in [0.5, 0.6) is 0 Å². The van der Waals surface area contributed by atoms with E-state index in [0.717, 1.165) is 31.7 Å². The van der Waals surface area contributed by atoms with Gasteiger partial charge in [-0.2, -0.15) is 5.10 Å². The maximum absolute atomic E-state index is 14.3. The van der Waals surface area contributed by atoms with Crippen LogP contribution < -0.4 is 16.6 Å². The average molecular weight is 615 g/mol. The van der Waals surface area contributed by atoms with Crippen molar-refractivity contribution in [2.24, 2.45) is 0 Å². The minimum absolute atomic E-state index is 0.0490. The molecule has 4 aromatic heterocycles. The molecule has 6 aromatic rings. The van der Waals surface area contributed by atoms with Gasteiger partial charge in [-0.25, -0.2) is 14.5 Å². The number of benzene rings is 2. The highest BCUT2D eigenvalue weighted by molar-refractivity contribution is 6.04. The van der Waals surface area contributed by atoms with Crippen LogP contribution in [0.25, 0.3) is 22.2 Å². The van der Waals surface area contributed by atoms with Crippen LogP contribution in [0, 0.1) is 11.8 Å². The number of hydrogen-bond donors (Lipinski definition) is 2. The number of hydrogen-bond acceptors (Lipinski definition) is 8. The van der Waals surface area contributed by atoms with E-state index in [1.54, 1.807) is 37.6 Å². The van der Waals surface area contributed by atoms with Gasteiger partial charge in [-0.05, 0) is 50.3 Å². The van der Waals surface area contributed by atoms with Crippen molar-refractivity contribution in [3.8, 4) is 17.5 Å². The van der Waals surface area contributed by atoms with Gasteiger partial charge < -0.3 is 16.0 Å². The smallest absolute Gasteiger partial charge is 0.267 e. The number of para-hydroxylation sites is 1. The number of nitrogens with two attached hydrogens (primary N) is 1. The summed E-state index contributed by atoms with van der Waals surface area (Å²) >= 11 is 0. The number of nitrogens with one attached hydrogen (secondary N) is 1. The van der Waals surface area contributed by atoms with Crippen molar-refractivity contribution in [1.29, 1.82) is 0 Å². The van der Waals surface area contributed by atoms with Gasteiger partial charge in [0.05, 0.1) is 40.9 Å². The molecule has 0 aliphatic carbocycles. The standard InChI is InChI=1S/C34H34N10O2/c1-4-41(5-2)19-20-42-22-24(21-37-42)15-16-25-11-9-14-27-28(25)34(46)44(26-12-7-6-8-13-26)31(39-27)23(3)38-33(45)29-30(35)40-43-18-10-17-36-32(29)43/h6-14,17-18,21-23H,4-5,19-20H2,1-3H3,(H2,35,40)(H,38,45)/t23-/m1/s1. The molecular formula is C34H34N10O2. The summed E-state index contributed by atoms with van der Waals surface area (Å²) < 4.78 is 4.85. The first-order valence-electron chi connectivity index (χ1n) is 15.2. The van der Waals surface area contributed by atoms with E-state index in [2.05, 4.69) is 51.1 Å². The molecule has 12 nitrogen and oxygen atoms in total. The Bertz CT molecular complexity index is 2150. The fraction of sp³-hybridized carbons (Fsp3) is 0.235. The zero-order valence-corrected chi connectivity index (χ0v) is 25.9. The molecule has 0 aliphatic heterocycles. The highest BCUT2D eigenvalue weighted by Crippen LogP contribution is 2.22. The maximum atomic E-state index is 14.3. The fourth-order valence-corrected chi connectivity index (χ4v) is 5.40. The van der Waals surface area contributed by atoms with Crippen LogP contribution in [-0.4, -0.2) is 64.4 Å². The Kier molecular flexibility index (Phi) is 8.58. The zero-order chi connectivity index (χ0) is 32.2. The number of rotatable bonds is 9. The Morgan fingerprint density at radius 2 is 1.87 bits per heavy atom. The van der Waals surface area contributed by atoms with Crippen LogP contribution in [0.1, 0.15) is 54.1 Å². The van der Waals surface area contributed by atoms with E-state index in [4.69, 9.17) is 10.7 Å². The monoisotopic (exact) mass is 614 g/mol. The maximum Gasteiger partial charge on any atom is 0.267 e. The van der Waals surface area contributed by atoms with Gasteiger partial charge in [0.15, 0.2) is 11.5 Å². The van der Waals surface area contributed by atoms with E-state index >= 15 is 0 Å². The van der Waals surface area contributed by atoms with Crippen molar-refractivity contribution in [3.05, 3.63) is 112 Å². The number of nitrogen functional groups attached to an aromatic ring is 1. The molecule has 0 unspecified atom stereocenters. The van der Waals surface area contributed by atoms with Crippen molar-refractivity contribution in [3.63, 3.8) is 0 Å². The summed E-state index contributed by atoms with van der Waals surface area (Å²) in [7, 11) is 0. The first-order chi connectivity index (χ1) is 22.4. The lowest BCUT2D eigenvalue weighted by Gasteiger charge is -2.20. The fourth-order valence-electron chi connectivity index (χ4n) is 5.40. The molecule has 232 valence electrons. The van der Waals surface area contributed by atoms with Gasteiger partial charge in [-0.3, -0.25) is 18.8 Å². The molecule has 1 amide bonds. The summed E-state index contributed by atoms with van der Waals surface area (Å²) in [5, 5.41) is 12.0. The molecular weight excluding hydrogens is 580 g/mol. The number of carbonyl (C=O) groups excluding carboxylic acids is 1. The van der Waals surface area contributed by atoms with Crippen LogP contribution in [0.2, 0.25) is 0 Å². The van der Waals surface area contributed by atoms with Gasteiger partial charge >= 0.3 is 0 Å². The number of anilines is 1. The second-order valence-electron chi connectivity index (χ2n) is 10.8. The molecule has 0 aliphatic rings. The van der Waals surface area contributed by atoms with Crippen molar-refractivity contribution in [2.45, 2.75) is 33.4 Å². The Labute approximate surface area is 265 Å². The van der Waals surface area contributed by atoms with E-state index in [1.165, 1.54) is 9.08 Å². The summed E-state index contributed by atoms with van der Waals surface area (Å²) in [4.78, 5) is 39.3. The van der Waals surface area contributed by atoms with Gasteiger partial charge in [-0.15, -0.1) is 5.10 Å². The van der Waals surface area contributed by atoms with Crippen molar-refractivity contribution in [1.82, 2.24) is 44.1 Å². The summed E-state index contributed by atoms with van der Waals surface area (Å²) in [6.07, 6.45) is 6.87. The topological polar surface area (TPSA) is 141 Å². The highest BCUT2D eigenvalue weighted by Gasteiger charge is 2.25. The number of carbonyl (C=O) groups is 1. The number of fused-ring (bicyclic) bond motifs is 2. The third-order valence-electron chi connectivity index (χ3n) is 7.84. The lowest BCUT2D eigenvalue weighted by molar-refractivity contribution is 0.0940. The second-order valence-corrected chi connectivity index (χ2v) is 10.8.